The monoisotopic (exact) mass is 459 g/mol. The zero-order valence-corrected chi connectivity index (χ0v) is 18.7. The summed E-state index contributed by atoms with van der Waals surface area (Å²) in [6.45, 7) is 0.340. The minimum absolute atomic E-state index is 0.00900. The summed E-state index contributed by atoms with van der Waals surface area (Å²) in [5, 5.41) is 3.71. The standard InChI is InChI=1S/C25H21N3O4S/c1-32-24(31)19-12-6-8-14-21(19)26-22(29)16-33-25-27-20-13-7-5-11-18(20)23(30)28(25)15-17-9-3-2-4-10-17/h2-14H,15-16H2,1H3,(H,26,29). The Morgan fingerprint density at radius 1 is 0.970 bits per heavy atom. The van der Waals surface area contributed by atoms with Crippen LogP contribution in [-0.4, -0.2) is 34.3 Å². The molecule has 1 amide bonds. The smallest absolute Gasteiger partial charge is 0.339 e. The van der Waals surface area contributed by atoms with Crippen molar-refractivity contribution in [2.75, 3.05) is 18.2 Å². The summed E-state index contributed by atoms with van der Waals surface area (Å²) in [6.07, 6.45) is 0. The maximum absolute atomic E-state index is 13.2. The summed E-state index contributed by atoms with van der Waals surface area (Å²) in [7, 11) is 1.29. The molecule has 0 aliphatic carbocycles. The van der Waals surface area contributed by atoms with Crippen LogP contribution in [0.1, 0.15) is 15.9 Å². The Morgan fingerprint density at radius 2 is 1.67 bits per heavy atom. The molecular weight excluding hydrogens is 438 g/mol. The van der Waals surface area contributed by atoms with E-state index < -0.39 is 5.97 Å². The molecule has 0 aliphatic heterocycles. The molecule has 1 heterocycles. The van der Waals surface area contributed by atoms with E-state index in [1.54, 1.807) is 47.0 Å². The van der Waals surface area contributed by atoms with Crippen LogP contribution < -0.4 is 10.9 Å². The Labute approximate surface area is 194 Å². The fourth-order valence-electron chi connectivity index (χ4n) is 3.36. The fraction of sp³-hybridized carbons (Fsp3) is 0.120. The van der Waals surface area contributed by atoms with Crippen LogP contribution in [0.25, 0.3) is 10.9 Å². The Morgan fingerprint density at radius 3 is 2.45 bits per heavy atom. The highest BCUT2D eigenvalue weighted by Crippen LogP contribution is 2.21. The second-order valence-corrected chi connectivity index (χ2v) is 8.10. The van der Waals surface area contributed by atoms with Crippen molar-refractivity contribution < 1.29 is 14.3 Å². The maximum atomic E-state index is 13.2. The lowest BCUT2D eigenvalue weighted by Crippen LogP contribution is -2.25. The molecule has 0 atom stereocenters. The lowest BCUT2D eigenvalue weighted by molar-refractivity contribution is -0.113. The molecule has 0 bridgehead atoms. The van der Waals surface area contributed by atoms with Gasteiger partial charge in [0.2, 0.25) is 5.91 Å². The topological polar surface area (TPSA) is 90.3 Å². The van der Waals surface area contributed by atoms with Crippen LogP contribution >= 0.6 is 11.8 Å². The predicted molar refractivity (Wildman–Crippen MR) is 129 cm³/mol. The van der Waals surface area contributed by atoms with E-state index in [9.17, 15) is 14.4 Å². The van der Waals surface area contributed by atoms with Gasteiger partial charge in [-0.2, -0.15) is 0 Å². The number of hydrogen-bond donors (Lipinski definition) is 1. The maximum Gasteiger partial charge on any atom is 0.339 e. The third-order valence-corrected chi connectivity index (χ3v) is 5.93. The van der Waals surface area contributed by atoms with E-state index >= 15 is 0 Å². The van der Waals surface area contributed by atoms with E-state index in [4.69, 9.17) is 4.74 Å². The summed E-state index contributed by atoms with van der Waals surface area (Å²) >= 11 is 1.17. The molecule has 166 valence electrons. The number of nitrogens with one attached hydrogen (secondary N) is 1. The first-order valence-electron chi connectivity index (χ1n) is 10.2. The number of anilines is 1. The van der Waals surface area contributed by atoms with Crippen molar-refractivity contribution in [2.24, 2.45) is 0 Å². The van der Waals surface area contributed by atoms with Crippen LogP contribution in [0.3, 0.4) is 0 Å². The number of ether oxygens (including phenoxy) is 1. The number of methoxy groups -OCH3 is 1. The van der Waals surface area contributed by atoms with Gasteiger partial charge in [0.15, 0.2) is 5.16 Å². The molecule has 0 saturated heterocycles. The average Bonchev–Trinajstić information content (AvgIpc) is 2.85. The highest BCUT2D eigenvalue weighted by molar-refractivity contribution is 7.99. The van der Waals surface area contributed by atoms with E-state index in [0.29, 0.717) is 28.3 Å². The van der Waals surface area contributed by atoms with Gasteiger partial charge in [-0.05, 0) is 29.8 Å². The lowest BCUT2D eigenvalue weighted by Gasteiger charge is -2.14. The molecule has 7 nitrogen and oxygen atoms in total. The minimum atomic E-state index is -0.536. The van der Waals surface area contributed by atoms with Crippen molar-refractivity contribution in [1.29, 1.82) is 0 Å². The van der Waals surface area contributed by atoms with E-state index in [2.05, 4.69) is 10.3 Å². The van der Waals surface area contributed by atoms with Gasteiger partial charge in [0.1, 0.15) is 0 Å². The predicted octanol–water partition coefficient (Wildman–Crippen LogP) is 3.96. The SMILES string of the molecule is COC(=O)c1ccccc1NC(=O)CSc1nc2ccccc2c(=O)n1Cc1ccccc1. The van der Waals surface area contributed by atoms with Crippen LogP contribution in [0.4, 0.5) is 5.69 Å². The lowest BCUT2D eigenvalue weighted by atomic mass is 10.2. The summed E-state index contributed by atoms with van der Waals surface area (Å²) < 4.78 is 6.35. The molecule has 1 N–H and O–H groups in total. The molecule has 0 radical (unpaired) electrons. The van der Waals surface area contributed by atoms with E-state index in [0.717, 1.165) is 5.56 Å². The van der Waals surface area contributed by atoms with Gasteiger partial charge in [-0.1, -0.05) is 66.4 Å². The largest absolute Gasteiger partial charge is 0.465 e. The molecule has 4 aromatic rings. The number of rotatable bonds is 7. The van der Waals surface area contributed by atoms with Gasteiger partial charge in [0.05, 0.1) is 41.6 Å². The Balaban J connectivity index is 1.59. The summed E-state index contributed by atoms with van der Waals surface area (Å²) in [6, 6.07) is 23.4. The third-order valence-electron chi connectivity index (χ3n) is 4.95. The summed E-state index contributed by atoms with van der Waals surface area (Å²) in [5.74, 6) is -0.855. The number of esters is 1. The first-order chi connectivity index (χ1) is 16.1. The van der Waals surface area contributed by atoms with Gasteiger partial charge in [-0.25, -0.2) is 9.78 Å². The number of amides is 1. The van der Waals surface area contributed by atoms with Gasteiger partial charge in [-0.3, -0.25) is 14.2 Å². The molecular formula is C25H21N3O4S. The van der Waals surface area contributed by atoms with Gasteiger partial charge in [0, 0.05) is 0 Å². The molecule has 0 unspecified atom stereocenters. The molecule has 4 rings (SSSR count). The summed E-state index contributed by atoms with van der Waals surface area (Å²) in [4.78, 5) is 42.5. The van der Waals surface area contributed by atoms with Crippen molar-refractivity contribution >= 4 is 40.2 Å². The number of aromatic nitrogens is 2. The zero-order valence-electron chi connectivity index (χ0n) is 17.9. The van der Waals surface area contributed by atoms with Crippen LogP contribution in [0.5, 0.6) is 0 Å². The van der Waals surface area contributed by atoms with Crippen LogP contribution in [0.2, 0.25) is 0 Å². The highest BCUT2D eigenvalue weighted by atomic mass is 32.2. The average molecular weight is 460 g/mol. The van der Waals surface area contributed by atoms with Gasteiger partial charge in [-0.15, -0.1) is 0 Å². The van der Waals surface area contributed by atoms with Crippen molar-refractivity contribution in [3.8, 4) is 0 Å². The van der Waals surface area contributed by atoms with Gasteiger partial charge in [0.25, 0.3) is 5.56 Å². The number of carbonyl (C=O) groups is 2. The number of nitrogens with zero attached hydrogens (tertiary/aromatic N) is 2. The van der Waals surface area contributed by atoms with E-state index in [1.807, 2.05) is 36.4 Å². The number of carbonyl (C=O) groups excluding carboxylic acids is 2. The number of hydrogen-bond acceptors (Lipinski definition) is 6. The van der Waals surface area contributed by atoms with Gasteiger partial charge >= 0.3 is 5.97 Å². The molecule has 0 aliphatic rings. The number of fused-ring (bicyclic) bond motifs is 1. The van der Waals surface area contributed by atoms with Gasteiger partial charge < -0.3 is 10.1 Å². The molecule has 0 saturated carbocycles. The van der Waals surface area contributed by atoms with Crippen molar-refractivity contribution in [1.82, 2.24) is 9.55 Å². The number of benzene rings is 3. The minimum Gasteiger partial charge on any atom is -0.465 e. The molecule has 0 spiro atoms. The van der Waals surface area contributed by atoms with E-state index in [-0.39, 0.29) is 22.8 Å². The van der Waals surface area contributed by atoms with Crippen LogP contribution in [0.15, 0.2) is 88.8 Å². The number of thioether (sulfide) groups is 1. The van der Waals surface area contributed by atoms with Crippen LogP contribution in [-0.2, 0) is 16.1 Å². The molecule has 1 aromatic heterocycles. The molecule has 0 fully saturated rings. The second-order valence-electron chi connectivity index (χ2n) is 7.16. The highest BCUT2D eigenvalue weighted by Gasteiger charge is 2.16. The summed E-state index contributed by atoms with van der Waals surface area (Å²) in [5.41, 5.74) is 2.00. The van der Waals surface area contributed by atoms with E-state index in [1.165, 1.54) is 18.9 Å². The van der Waals surface area contributed by atoms with Crippen molar-refractivity contribution in [2.45, 2.75) is 11.7 Å². The Bertz CT molecular complexity index is 1370. The third kappa shape index (κ3) is 5.12. The first-order valence-corrected chi connectivity index (χ1v) is 11.2. The fourth-order valence-corrected chi connectivity index (χ4v) is 4.16. The number of para-hydroxylation sites is 2. The second kappa shape index (κ2) is 10.1. The molecule has 33 heavy (non-hydrogen) atoms. The zero-order chi connectivity index (χ0) is 23.2. The van der Waals surface area contributed by atoms with Crippen molar-refractivity contribution in [3.63, 3.8) is 0 Å². The normalized spacial score (nSPS) is 10.7. The van der Waals surface area contributed by atoms with Crippen LogP contribution in [0, 0.1) is 0 Å². The quantitative estimate of drug-likeness (QED) is 0.256. The first kappa shape index (κ1) is 22.3. The Hall–Kier alpha value is -3.91. The molecule has 3 aromatic carbocycles. The molecule has 8 heteroatoms. The van der Waals surface area contributed by atoms with Crippen molar-refractivity contribution in [3.05, 3.63) is 100 Å². The Kier molecular flexibility index (Phi) is 6.85.